The number of fused-ring (bicyclic) bond motifs is 3. The number of imidazole rings is 2. The number of aryl methyl sites for hydroxylation is 3. The lowest BCUT2D eigenvalue weighted by Gasteiger charge is -2.10. The van der Waals surface area contributed by atoms with Crippen LogP contribution in [-0.4, -0.2) is 44.3 Å². The minimum absolute atomic E-state index is 0.126. The van der Waals surface area contributed by atoms with E-state index < -0.39 is 10.0 Å². The van der Waals surface area contributed by atoms with Crippen molar-refractivity contribution < 1.29 is 8.42 Å². The van der Waals surface area contributed by atoms with Crippen molar-refractivity contribution in [3.63, 3.8) is 0 Å². The maximum atomic E-state index is 12.6. The van der Waals surface area contributed by atoms with Gasteiger partial charge in [0.1, 0.15) is 5.69 Å². The van der Waals surface area contributed by atoms with Crippen LogP contribution in [0.1, 0.15) is 5.56 Å². The minimum atomic E-state index is -3.68. The normalized spacial score (nSPS) is 12.3. The molecule has 0 aliphatic heterocycles. The summed E-state index contributed by atoms with van der Waals surface area (Å²) in [4.78, 5) is 17.5. The molecule has 10 nitrogen and oxygen atoms in total. The summed E-state index contributed by atoms with van der Waals surface area (Å²) in [6.45, 7) is 2.01. The molecule has 36 heavy (non-hydrogen) atoms. The first-order chi connectivity index (χ1) is 17.2. The molecular weight excluding hydrogens is 478 g/mol. The van der Waals surface area contributed by atoms with Crippen molar-refractivity contribution in [1.82, 2.24) is 33.6 Å². The number of aromatic amines is 1. The first kappa shape index (κ1) is 22.3. The standard InChI is InChI=1S/C25H23N7O3S/c1-14-5-8-18-17(11-14)23(29-28-18)24-27-19-9-7-16(36(34,35)26-2)13-21(19)32(24)15-6-10-20-22(12-15)31(4)25(33)30(20)3/h5-13,26H,1-4H3,(H,28,29). The first-order valence-corrected chi connectivity index (χ1v) is 12.7. The van der Waals surface area contributed by atoms with Gasteiger partial charge in [-0.05, 0) is 62.5 Å². The van der Waals surface area contributed by atoms with Gasteiger partial charge in [0.05, 0.1) is 32.5 Å². The summed E-state index contributed by atoms with van der Waals surface area (Å²) in [7, 11) is 1.16. The summed E-state index contributed by atoms with van der Waals surface area (Å²) in [6, 6.07) is 16.5. The van der Waals surface area contributed by atoms with Crippen molar-refractivity contribution in [2.75, 3.05) is 7.05 Å². The van der Waals surface area contributed by atoms with Crippen LogP contribution in [0.4, 0.5) is 0 Å². The van der Waals surface area contributed by atoms with E-state index in [-0.39, 0.29) is 10.6 Å². The average molecular weight is 502 g/mol. The van der Waals surface area contributed by atoms with E-state index >= 15 is 0 Å². The third kappa shape index (κ3) is 3.13. The molecule has 0 fully saturated rings. The van der Waals surface area contributed by atoms with Gasteiger partial charge >= 0.3 is 5.69 Å². The lowest BCUT2D eigenvalue weighted by molar-refractivity contribution is 0.588. The van der Waals surface area contributed by atoms with Crippen LogP contribution >= 0.6 is 0 Å². The molecule has 0 radical (unpaired) electrons. The van der Waals surface area contributed by atoms with Gasteiger partial charge < -0.3 is 0 Å². The highest BCUT2D eigenvalue weighted by molar-refractivity contribution is 7.89. The second-order valence-electron chi connectivity index (χ2n) is 8.82. The maximum Gasteiger partial charge on any atom is 0.328 e. The summed E-state index contributed by atoms with van der Waals surface area (Å²) in [5, 5.41) is 8.55. The highest BCUT2D eigenvalue weighted by Crippen LogP contribution is 2.33. The van der Waals surface area contributed by atoms with Crippen LogP contribution in [0.3, 0.4) is 0 Å². The summed E-state index contributed by atoms with van der Waals surface area (Å²) >= 11 is 0. The lowest BCUT2D eigenvalue weighted by atomic mass is 10.1. The van der Waals surface area contributed by atoms with Crippen LogP contribution < -0.4 is 10.4 Å². The zero-order chi connectivity index (χ0) is 25.4. The Morgan fingerprint density at radius 2 is 1.69 bits per heavy atom. The Morgan fingerprint density at radius 3 is 2.47 bits per heavy atom. The second kappa shape index (κ2) is 7.64. The highest BCUT2D eigenvalue weighted by Gasteiger charge is 2.22. The number of sulfonamides is 1. The molecule has 6 aromatic rings. The topological polar surface area (TPSA) is 120 Å². The summed E-state index contributed by atoms with van der Waals surface area (Å²) in [6.07, 6.45) is 0. The SMILES string of the molecule is CNS(=O)(=O)c1ccc2nc(-c3n[nH]c4ccc(C)cc34)n(-c3ccc4c(c3)n(C)c(=O)n4C)c2c1. The van der Waals surface area contributed by atoms with Crippen molar-refractivity contribution in [3.8, 4) is 17.2 Å². The number of rotatable bonds is 4. The van der Waals surface area contributed by atoms with E-state index in [9.17, 15) is 13.2 Å². The Hall–Kier alpha value is -4.22. The number of hydrogen-bond acceptors (Lipinski definition) is 5. The zero-order valence-corrected chi connectivity index (χ0v) is 20.9. The largest absolute Gasteiger partial charge is 0.328 e. The highest BCUT2D eigenvalue weighted by atomic mass is 32.2. The fourth-order valence-corrected chi connectivity index (χ4v) is 5.44. The van der Waals surface area contributed by atoms with Gasteiger partial charge in [0.2, 0.25) is 10.0 Å². The van der Waals surface area contributed by atoms with Gasteiger partial charge in [-0.1, -0.05) is 11.6 Å². The van der Waals surface area contributed by atoms with Crippen LogP contribution in [0.2, 0.25) is 0 Å². The Bertz CT molecular complexity index is 2010. The van der Waals surface area contributed by atoms with Crippen molar-refractivity contribution >= 4 is 43.0 Å². The number of benzene rings is 3. The molecule has 0 bridgehead atoms. The van der Waals surface area contributed by atoms with Crippen LogP contribution in [0, 0.1) is 6.92 Å². The summed E-state index contributed by atoms with van der Waals surface area (Å²) in [5.74, 6) is 0.557. The molecule has 11 heteroatoms. The fourth-order valence-electron chi connectivity index (χ4n) is 4.69. The van der Waals surface area contributed by atoms with E-state index in [1.165, 1.54) is 13.1 Å². The molecule has 0 saturated carbocycles. The van der Waals surface area contributed by atoms with Gasteiger partial charge in [0, 0.05) is 25.2 Å². The second-order valence-corrected chi connectivity index (χ2v) is 10.7. The lowest BCUT2D eigenvalue weighted by Crippen LogP contribution is -2.19. The minimum Gasteiger partial charge on any atom is -0.295 e. The fraction of sp³-hybridized carbons (Fsp3) is 0.160. The van der Waals surface area contributed by atoms with Crippen molar-refractivity contribution in [2.45, 2.75) is 11.8 Å². The van der Waals surface area contributed by atoms with E-state index in [1.54, 1.807) is 35.4 Å². The molecule has 0 atom stereocenters. The van der Waals surface area contributed by atoms with Crippen LogP contribution in [0.25, 0.3) is 50.2 Å². The van der Waals surface area contributed by atoms with E-state index in [0.29, 0.717) is 22.6 Å². The van der Waals surface area contributed by atoms with Crippen molar-refractivity contribution in [2.24, 2.45) is 14.1 Å². The predicted molar refractivity (Wildman–Crippen MR) is 139 cm³/mol. The van der Waals surface area contributed by atoms with Gasteiger partial charge in [-0.2, -0.15) is 5.10 Å². The molecule has 0 aliphatic carbocycles. The Morgan fingerprint density at radius 1 is 0.917 bits per heavy atom. The Kier molecular flexibility index (Phi) is 4.72. The van der Waals surface area contributed by atoms with Gasteiger partial charge in [-0.3, -0.25) is 18.8 Å². The van der Waals surface area contributed by atoms with E-state index in [1.807, 2.05) is 47.9 Å². The molecule has 0 aliphatic rings. The molecule has 0 spiro atoms. The Balaban J connectivity index is 1.73. The van der Waals surface area contributed by atoms with Gasteiger partial charge in [-0.25, -0.2) is 22.9 Å². The quantitative estimate of drug-likeness (QED) is 0.385. The summed E-state index contributed by atoms with van der Waals surface area (Å²) in [5.41, 5.74) is 5.94. The molecule has 3 heterocycles. The third-order valence-corrected chi connectivity index (χ3v) is 8.06. The molecule has 2 N–H and O–H groups in total. The average Bonchev–Trinajstić information content (AvgIpc) is 3.52. The molecule has 3 aromatic carbocycles. The number of aromatic nitrogens is 6. The third-order valence-electron chi connectivity index (χ3n) is 6.65. The monoisotopic (exact) mass is 501 g/mol. The zero-order valence-electron chi connectivity index (χ0n) is 20.1. The molecule has 3 aromatic heterocycles. The van der Waals surface area contributed by atoms with Crippen molar-refractivity contribution in [3.05, 3.63) is 70.6 Å². The maximum absolute atomic E-state index is 12.6. The molecular formula is C25H23N7O3S. The van der Waals surface area contributed by atoms with E-state index in [4.69, 9.17) is 4.98 Å². The number of nitrogens with zero attached hydrogens (tertiary/aromatic N) is 5. The predicted octanol–water partition coefficient (Wildman–Crippen LogP) is 2.98. The number of hydrogen-bond donors (Lipinski definition) is 2. The number of nitrogens with one attached hydrogen (secondary N) is 2. The molecule has 6 rings (SSSR count). The molecule has 182 valence electrons. The first-order valence-electron chi connectivity index (χ1n) is 11.3. The Labute approximate surface area is 205 Å². The molecule has 0 amide bonds. The summed E-state index contributed by atoms with van der Waals surface area (Å²) < 4.78 is 32.6. The smallest absolute Gasteiger partial charge is 0.295 e. The van der Waals surface area contributed by atoms with Gasteiger partial charge in [-0.15, -0.1) is 0 Å². The molecule has 0 saturated heterocycles. The van der Waals surface area contributed by atoms with E-state index in [2.05, 4.69) is 14.9 Å². The van der Waals surface area contributed by atoms with Crippen LogP contribution in [-0.2, 0) is 24.1 Å². The number of H-pyrrole nitrogens is 1. The van der Waals surface area contributed by atoms with E-state index in [0.717, 1.165) is 33.2 Å². The van der Waals surface area contributed by atoms with Gasteiger partial charge in [0.15, 0.2) is 5.82 Å². The molecule has 0 unspecified atom stereocenters. The van der Waals surface area contributed by atoms with Crippen LogP contribution in [0.15, 0.2) is 64.3 Å². The van der Waals surface area contributed by atoms with Crippen LogP contribution in [0.5, 0.6) is 0 Å². The van der Waals surface area contributed by atoms with Crippen molar-refractivity contribution in [1.29, 1.82) is 0 Å². The van der Waals surface area contributed by atoms with Gasteiger partial charge in [0.25, 0.3) is 0 Å².